The molecule has 0 bridgehead atoms. The summed E-state index contributed by atoms with van der Waals surface area (Å²) in [5.74, 6) is -0.677. The van der Waals surface area contributed by atoms with E-state index < -0.39 is 24.3 Å². The highest BCUT2D eigenvalue weighted by molar-refractivity contribution is 5.98. The van der Waals surface area contributed by atoms with Gasteiger partial charge in [-0.3, -0.25) is 0 Å². The molecule has 0 radical (unpaired) electrons. The van der Waals surface area contributed by atoms with E-state index in [1.165, 1.54) is 12.1 Å². The number of aliphatic carboxylic acids is 1. The molecule has 0 aliphatic carbocycles. The van der Waals surface area contributed by atoms with Gasteiger partial charge in [0.15, 0.2) is 6.61 Å². The van der Waals surface area contributed by atoms with E-state index in [1.807, 2.05) is 0 Å². The first kappa shape index (κ1) is 19.3. The molecule has 0 saturated carbocycles. The molecule has 0 aliphatic rings. The Balaban J connectivity index is 1.95. The van der Waals surface area contributed by atoms with Gasteiger partial charge in [0, 0.05) is 0 Å². The standard InChI is InChI=1S/C18H16F3NO4/c1-12(14-5-7-16(8-6-14)25-11-17(23)24)22-26-10-13-3-2-4-15(9-13)18(19,20)21/h2-9H,10-11H2,1H3,(H,23,24). The van der Waals surface area contributed by atoms with Gasteiger partial charge in [0.1, 0.15) is 12.4 Å². The third kappa shape index (κ3) is 5.80. The minimum Gasteiger partial charge on any atom is -0.482 e. The maximum absolute atomic E-state index is 12.7. The highest BCUT2D eigenvalue weighted by Gasteiger charge is 2.30. The SMILES string of the molecule is CC(=NOCc1cccc(C(F)(F)F)c1)c1ccc(OCC(=O)O)cc1. The summed E-state index contributed by atoms with van der Waals surface area (Å²) in [4.78, 5) is 15.6. The van der Waals surface area contributed by atoms with Crippen molar-refractivity contribution in [3.8, 4) is 5.75 Å². The highest BCUT2D eigenvalue weighted by atomic mass is 19.4. The van der Waals surface area contributed by atoms with Gasteiger partial charge in [-0.05, 0) is 54.4 Å². The molecule has 0 aliphatic heterocycles. The van der Waals surface area contributed by atoms with Crippen LogP contribution in [0.1, 0.15) is 23.6 Å². The third-order valence-corrected chi connectivity index (χ3v) is 3.32. The molecule has 5 nitrogen and oxygen atoms in total. The third-order valence-electron chi connectivity index (χ3n) is 3.32. The molecular formula is C18H16F3NO4. The molecule has 2 rings (SSSR count). The van der Waals surface area contributed by atoms with Gasteiger partial charge < -0.3 is 14.7 Å². The number of nitrogens with zero attached hydrogens (tertiary/aromatic N) is 1. The number of rotatable bonds is 7. The topological polar surface area (TPSA) is 68.1 Å². The van der Waals surface area contributed by atoms with E-state index >= 15 is 0 Å². The van der Waals surface area contributed by atoms with E-state index in [0.29, 0.717) is 22.6 Å². The van der Waals surface area contributed by atoms with E-state index in [1.54, 1.807) is 31.2 Å². The Hall–Kier alpha value is -3.03. The van der Waals surface area contributed by atoms with Gasteiger partial charge in [-0.2, -0.15) is 13.2 Å². The molecular weight excluding hydrogens is 351 g/mol. The number of ether oxygens (including phenoxy) is 1. The fourth-order valence-corrected chi connectivity index (χ4v) is 2.03. The first-order chi connectivity index (χ1) is 12.3. The van der Waals surface area contributed by atoms with Crippen LogP contribution in [0.5, 0.6) is 5.75 Å². The number of hydrogen-bond donors (Lipinski definition) is 1. The summed E-state index contributed by atoms with van der Waals surface area (Å²) in [6.45, 7) is 1.15. The van der Waals surface area contributed by atoms with Crippen molar-refractivity contribution < 1.29 is 32.6 Å². The second kappa shape index (κ2) is 8.37. The zero-order valence-corrected chi connectivity index (χ0v) is 13.8. The van der Waals surface area contributed by atoms with Gasteiger partial charge >= 0.3 is 12.1 Å². The Morgan fingerprint density at radius 2 is 1.85 bits per heavy atom. The van der Waals surface area contributed by atoms with Gasteiger partial charge in [0.05, 0.1) is 11.3 Å². The maximum atomic E-state index is 12.7. The van der Waals surface area contributed by atoms with Crippen LogP contribution in [-0.2, 0) is 22.4 Å². The van der Waals surface area contributed by atoms with Crippen LogP contribution in [0.3, 0.4) is 0 Å². The smallest absolute Gasteiger partial charge is 0.416 e. The van der Waals surface area contributed by atoms with Gasteiger partial charge in [-0.1, -0.05) is 17.3 Å². The number of hydrogen-bond acceptors (Lipinski definition) is 4. The number of carboxylic acids is 1. The quantitative estimate of drug-likeness (QED) is 0.591. The molecule has 2 aromatic rings. The first-order valence-corrected chi connectivity index (χ1v) is 7.53. The lowest BCUT2D eigenvalue weighted by Gasteiger charge is -2.08. The van der Waals surface area contributed by atoms with Crippen LogP contribution >= 0.6 is 0 Å². The molecule has 0 spiro atoms. The number of halogens is 3. The van der Waals surface area contributed by atoms with E-state index in [0.717, 1.165) is 12.1 Å². The molecule has 2 aromatic carbocycles. The fraction of sp³-hybridized carbons (Fsp3) is 0.222. The van der Waals surface area contributed by atoms with Crippen LogP contribution in [0, 0.1) is 0 Å². The van der Waals surface area contributed by atoms with Crippen molar-refractivity contribution in [2.24, 2.45) is 5.16 Å². The monoisotopic (exact) mass is 367 g/mol. The van der Waals surface area contributed by atoms with Crippen LogP contribution in [-0.4, -0.2) is 23.4 Å². The minimum absolute atomic E-state index is 0.0962. The molecule has 138 valence electrons. The van der Waals surface area contributed by atoms with Crippen molar-refractivity contribution in [3.63, 3.8) is 0 Å². The highest BCUT2D eigenvalue weighted by Crippen LogP contribution is 2.29. The molecule has 0 saturated heterocycles. The predicted octanol–water partition coefficient (Wildman–Crippen LogP) is 4.11. The van der Waals surface area contributed by atoms with Gasteiger partial charge in [-0.25, -0.2) is 4.79 Å². The molecule has 0 heterocycles. The Morgan fingerprint density at radius 1 is 1.15 bits per heavy atom. The number of alkyl halides is 3. The van der Waals surface area contributed by atoms with Crippen molar-refractivity contribution in [2.75, 3.05) is 6.61 Å². The summed E-state index contributed by atoms with van der Waals surface area (Å²) in [5, 5.41) is 12.4. The van der Waals surface area contributed by atoms with E-state index in [4.69, 9.17) is 14.7 Å². The second-order valence-corrected chi connectivity index (χ2v) is 5.36. The molecule has 0 unspecified atom stereocenters. The van der Waals surface area contributed by atoms with Gasteiger partial charge in [0.25, 0.3) is 0 Å². The lowest BCUT2D eigenvalue weighted by atomic mass is 10.1. The molecule has 8 heteroatoms. The van der Waals surface area contributed by atoms with Crippen LogP contribution in [0.2, 0.25) is 0 Å². The summed E-state index contributed by atoms with van der Waals surface area (Å²) >= 11 is 0. The van der Waals surface area contributed by atoms with Crippen LogP contribution in [0.15, 0.2) is 53.7 Å². The fourth-order valence-electron chi connectivity index (χ4n) is 2.03. The summed E-state index contributed by atoms with van der Waals surface area (Å²) in [5.41, 5.74) is 0.837. The Kier molecular flexibility index (Phi) is 6.21. The van der Waals surface area contributed by atoms with Crippen molar-refractivity contribution in [1.29, 1.82) is 0 Å². The van der Waals surface area contributed by atoms with Crippen LogP contribution in [0.4, 0.5) is 13.2 Å². The Morgan fingerprint density at radius 3 is 2.46 bits per heavy atom. The Labute approximate surface area is 147 Å². The van der Waals surface area contributed by atoms with E-state index in [2.05, 4.69) is 5.16 Å². The number of oxime groups is 1. The van der Waals surface area contributed by atoms with Crippen molar-refractivity contribution >= 4 is 11.7 Å². The molecule has 0 amide bonds. The maximum Gasteiger partial charge on any atom is 0.416 e. The largest absolute Gasteiger partial charge is 0.482 e. The normalized spacial score (nSPS) is 11.9. The zero-order valence-electron chi connectivity index (χ0n) is 13.8. The van der Waals surface area contributed by atoms with Crippen molar-refractivity contribution in [1.82, 2.24) is 0 Å². The lowest BCUT2D eigenvalue weighted by molar-refractivity contribution is -0.139. The van der Waals surface area contributed by atoms with Crippen molar-refractivity contribution in [2.45, 2.75) is 19.7 Å². The van der Waals surface area contributed by atoms with E-state index in [9.17, 15) is 18.0 Å². The number of carboxylic acid groups (broad SMARTS) is 1. The average molecular weight is 367 g/mol. The van der Waals surface area contributed by atoms with Crippen LogP contribution in [0.25, 0.3) is 0 Å². The second-order valence-electron chi connectivity index (χ2n) is 5.36. The average Bonchev–Trinajstić information content (AvgIpc) is 2.60. The summed E-state index contributed by atoms with van der Waals surface area (Å²) in [6, 6.07) is 11.4. The molecule has 0 aromatic heterocycles. The lowest BCUT2D eigenvalue weighted by Crippen LogP contribution is -2.09. The predicted molar refractivity (Wildman–Crippen MR) is 88.0 cm³/mol. The van der Waals surface area contributed by atoms with Gasteiger partial charge in [0.2, 0.25) is 0 Å². The van der Waals surface area contributed by atoms with E-state index in [-0.39, 0.29) is 6.61 Å². The summed E-state index contributed by atoms with van der Waals surface area (Å²) in [6.07, 6.45) is -4.40. The van der Waals surface area contributed by atoms with Gasteiger partial charge in [-0.15, -0.1) is 0 Å². The molecule has 1 N–H and O–H groups in total. The summed E-state index contributed by atoms with van der Waals surface area (Å²) < 4.78 is 43.0. The number of carbonyl (C=O) groups is 1. The van der Waals surface area contributed by atoms with Crippen LogP contribution < -0.4 is 4.74 Å². The minimum atomic E-state index is -4.40. The summed E-state index contributed by atoms with van der Waals surface area (Å²) in [7, 11) is 0. The molecule has 0 fully saturated rings. The zero-order chi connectivity index (χ0) is 19.2. The number of benzene rings is 2. The first-order valence-electron chi connectivity index (χ1n) is 7.53. The molecule has 0 atom stereocenters. The van der Waals surface area contributed by atoms with Crippen molar-refractivity contribution in [3.05, 3.63) is 65.2 Å². The molecule has 26 heavy (non-hydrogen) atoms. The Bertz CT molecular complexity index is 786.